The van der Waals surface area contributed by atoms with Gasteiger partial charge < -0.3 is 24.4 Å². The number of hydrogen-bond donors (Lipinski definition) is 2. The van der Waals surface area contributed by atoms with Crippen LogP contribution in [-0.4, -0.2) is 59.7 Å². The average molecular weight is 501 g/mol. The van der Waals surface area contributed by atoms with E-state index >= 15 is 0 Å². The molecule has 0 saturated carbocycles. The Morgan fingerprint density at radius 3 is 2.63 bits per heavy atom. The van der Waals surface area contributed by atoms with Crippen LogP contribution in [-0.2, 0) is 11.2 Å². The molecule has 4 rings (SSSR count). The maximum Gasteiger partial charge on any atom is 0.160 e. The van der Waals surface area contributed by atoms with Gasteiger partial charge in [0.15, 0.2) is 5.82 Å². The molecule has 1 atom stereocenters. The molecule has 0 radical (unpaired) electrons. The van der Waals surface area contributed by atoms with E-state index in [9.17, 15) is 5.11 Å². The first kappa shape index (κ1) is 25.6. The molecule has 3 heterocycles. The van der Waals surface area contributed by atoms with Crippen LogP contribution in [0.2, 0.25) is 5.02 Å². The van der Waals surface area contributed by atoms with Gasteiger partial charge in [-0.3, -0.25) is 0 Å². The van der Waals surface area contributed by atoms with Crippen LogP contribution in [0.3, 0.4) is 0 Å². The third-order valence-corrected chi connectivity index (χ3v) is 6.57. The summed E-state index contributed by atoms with van der Waals surface area (Å²) in [5.74, 6) is 2.35. The van der Waals surface area contributed by atoms with Crippen LogP contribution in [0.15, 0.2) is 22.7 Å². The molecule has 3 aromatic rings. The molecule has 0 bridgehead atoms. The fraction of sp³-hybridized carbons (Fsp3) is 0.500. The zero-order valence-electron chi connectivity index (χ0n) is 20.7. The summed E-state index contributed by atoms with van der Waals surface area (Å²) in [5, 5.41) is 17.6. The lowest BCUT2D eigenvalue weighted by atomic mass is 9.92. The molecule has 35 heavy (non-hydrogen) atoms. The zero-order chi connectivity index (χ0) is 24.9. The highest BCUT2D eigenvalue weighted by Gasteiger charge is 2.23. The van der Waals surface area contributed by atoms with Crippen molar-refractivity contribution in [3.63, 3.8) is 0 Å². The Kier molecular flexibility index (Phi) is 8.38. The van der Waals surface area contributed by atoms with Gasteiger partial charge in [0, 0.05) is 36.0 Å². The summed E-state index contributed by atoms with van der Waals surface area (Å²) in [4.78, 5) is 9.95. The summed E-state index contributed by atoms with van der Waals surface area (Å²) in [7, 11) is 1.78. The molecular weight excluding hydrogens is 468 g/mol. The topological polar surface area (TPSA) is 103 Å². The molecule has 2 N–H and O–H groups in total. The molecule has 2 aromatic heterocycles. The van der Waals surface area contributed by atoms with Crippen molar-refractivity contribution in [2.75, 3.05) is 33.4 Å². The lowest BCUT2D eigenvalue weighted by molar-refractivity contribution is 0.0662. The normalized spacial score (nSPS) is 15.4. The second-order valence-electron chi connectivity index (χ2n) is 9.12. The van der Waals surface area contributed by atoms with Gasteiger partial charge in [0.25, 0.3) is 0 Å². The fourth-order valence-corrected chi connectivity index (χ4v) is 4.67. The number of nitrogens with one attached hydrogen (secondary N) is 1. The van der Waals surface area contributed by atoms with E-state index in [-0.39, 0.29) is 6.61 Å². The lowest BCUT2D eigenvalue weighted by Crippen LogP contribution is -2.29. The highest BCUT2D eigenvalue weighted by atomic mass is 35.5. The van der Waals surface area contributed by atoms with Crippen molar-refractivity contribution < 1.29 is 19.1 Å². The van der Waals surface area contributed by atoms with E-state index in [1.807, 2.05) is 26.0 Å². The number of aromatic nitrogens is 3. The quantitative estimate of drug-likeness (QED) is 0.448. The number of ether oxygens (including phenoxy) is 2. The monoisotopic (exact) mass is 500 g/mol. The van der Waals surface area contributed by atoms with Crippen molar-refractivity contribution >= 4 is 11.6 Å². The Balaban J connectivity index is 1.75. The van der Waals surface area contributed by atoms with E-state index < -0.39 is 6.10 Å². The number of aryl methyl sites for hydroxylation is 2. The van der Waals surface area contributed by atoms with E-state index in [0.29, 0.717) is 29.1 Å². The van der Waals surface area contributed by atoms with Crippen LogP contribution in [0.4, 0.5) is 0 Å². The van der Waals surface area contributed by atoms with Crippen molar-refractivity contribution in [2.24, 2.45) is 5.92 Å². The van der Waals surface area contributed by atoms with Gasteiger partial charge in [0.1, 0.15) is 24.2 Å². The second-order valence-corrected chi connectivity index (χ2v) is 9.56. The molecule has 0 amide bonds. The highest BCUT2D eigenvalue weighted by molar-refractivity contribution is 6.31. The Bertz CT molecular complexity index is 1140. The molecule has 8 nitrogen and oxygen atoms in total. The molecule has 9 heteroatoms. The summed E-state index contributed by atoms with van der Waals surface area (Å²) >= 11 is 6.44. The maximum absolute atomic E-state index is 10.0. The van der Waals surface area contributed by atoms with E-state index in [0.717, 1.165) is 72.0 Å². The first-order valence-electron chi connectivity index (χ1n) is 12.0. The zero-order valence-corrected chi connectivity index (χ0v) is 21.5. The van der Waals surface area contributed by atoms with Crippen LogP contribution in [0.25, 0.3) is 22.6 Å². The first-order valence-corrected chi connectivity index (χ1v) is 12.4. The van der Waals surface area contributed by atoms with Crippen molar-refractivity contribution in [1.82, 2.24) is 20.4 Å². The van der Waals surface area contributed by atoms with Gasteiger partial charge in [0.05, 0.1) is 17.0 Å². The van der Waals surface area contributed by atoms with Crippen LogP contribution in [0, 0.1) is 26.7 Å². The van der Waals surface area contributed by atoms with Gasteiger partial charge in [-0.1, -0.05) is 16.8 Å². The standard InChI is InChI=1S/C26H33ClN4O4/c1-15-23(9-18-5-7-33-8-6-18)29-26(30-25(15)24-16(2)31-35-17(24)3)19-10-20(27)12-22(11-19)34-14-21(32)13-28-4/h10-12,18,21,28,32H,5-9,13-14H2,1-4H3. The van der Waals surface area contributed by atoms with Gasteiger partial charge in [-0.05, 0) is 76.8 Å². The molecule has 1 unspecified atom stereocenters. The van der Waals surface area contributed by atoms with E-state index in [1.54, 1.807) is 13.1 Å². The minimum atomic E-state index is -0.629. The molecule has 0 aliphatic carbocycles. The Morgan fingerprint density at radius 2 is 1.94 bits per heavy atom. The Hall–Kier alpha value is -2.52. The molecule has 188 valence electrons. The molecule has 1 fully saturated rings. The number of hydrogen-bond acceptors (Lipinski definition) is 8. The predicted molar refractivity (Wildman–Crippen MR) is 135 cm³/mol. The molecule has 1 aliphatic rings. The highest BCUT2D eigenvalue weighted by Crippen LogP contribution is 2.34. The number of benzene rings is 1. The molecule has 1 aliphatic heterocycles. The summed E-state index contributed by atoms with van der Waals surface area (Å²) < 4.78 is 16.8. The van der Waals surface area contributed by atoms with Crippen LogP contribution in [0.1, 0.15) is 35.6 Å². The molecule has 1 saturated heterocycles. The summed E-state index contributed by atoms with van der Waals surface area (Å²) in [6.07, 6.45) is 2.25. The average Bonchev–Trinajstić information content (AvgIpc) is 3.17. The molecule has 1 aromatic carbocycles. The van der Waals surface area contributed by atoms with Gasteiger partial charge in [0.2, 0.25) is 0 Å². The van der Waals surface area contributed by atoms with Crippen molar-refractivity contribution in [3.05, 3.63) is 45.9 Å². The fourth-order valence-electron chi connectivity index (χ4n) is 4.44. The first-order chi connectivity index (χ1) is 16.9. The Morgan fingerprint density at radius 1 is 1.17 bits per heavy atom. The van der Waals surface area contributed by atoms with Gasteiger partial charge in [-0.25, -0.2) is 9.97 Å². The van der Waals surface area contributed by atoms with Crippen molar-refractivity contribution in [1.29, 1.82) is 0 Å². The summed E-state index contributed by atoms with van der Waals surface area (Å²) in [5.41, 5.74) is 5.29. The largest absolute Gasteiger partial charge is 0.491 e. The Labute approximate surface area is 211 Å². The van der Waals surface area contributed by atoms with E-state index in [2.05, 4.69) is 17.4 Å². The smallest absolute Gasteiger partial charge is 0.160 e. The SMILES string of the molecule is CNCC(O)COc1cc(Cl)cc(-c2nc(CC3CCOCC3)c(C)c(-c3c(C)noc3C)n2)c1. The number of aliphatic hydroxyl groups is 1. The van der Waals surface area contributed by atoms with Crippen LogP contribution < -0.4 is 10.1 Å². The number of nitrogens with zero attached hydrogens (tertiary/aromatic N) is 3. The lowest BCUT2D eigenvalue weighted by Gasteiger charge is -2.23. The second kappa shape index (κ2) is 11.5. The number of halogens is 1. The van der Waals surface area contributed by atoms with Crippen LogP contribution in [0.5, 0.6) is 5.75 Å². The number of aliphatic hydroxyl groups excluding tert-OH is 1. The van der Waals surface area contributed by atoms with Gasteiger partial charge in [-0.2, -0.15) is 0 Å². The van der Waals surface area contributed by atoms with Crippen LogP contribution >= 0.6 is 11.6 Å². The third-order valence-electron chi connectivity index (χ3n) is 6.35. The molecular formula is C26H33ClN4O4. The maximum atomic E-state index is 10.0. The summed E-state index contributed by atoms with van der Waals surface area (Å²) in [6, 6.07) is 5.42. The molecule has 0 spiro atoms. The predicted octanol–water partition coefficient (Wildman–Crippen LogP) is 4.31. The third kappa shape index (κ3) is 6.19. The minimum absolute atomic E-state index is 0.148. The van der Waals surface area contributed by atoms with Gasteiger partial charge >= 0.3 is 0 Å². The number of likely N-dealkylation sites (N-methyl/N-ethyl adjacent to an activating group) is 1. The summed E-state index contributed by atoms with van der Waals surface area (Å²) in [6.45, 7) is 8.04. The van der Waals surface area contributed by atoms with E-state index in [1.165, 1.54) is 0 Å². The number of rotatable bonds is 9. The van der Waals surface area contributed by atoms with Crippen molar-refractivity contribution in [3.8, 4) is 28.4 Å². The van der Waals surface area contributed by atoms with Gasteiger partial charge in [-0.15, -0.1) is 0 Å². The van der Waals surface area contributed by atoms with E-state index in [4.69, 9.17) is 35.6 Å². The minimum Gasteiger partial charge on any atom is -0.491 e. The van der Waals surface area contributed by atoms with Crippen molar-refractivity contribution in [2.45, 2.75) is 46.1 Å².